The van der Waals surface area contributed by atoms with Crippen molar-refractivity contribution in [2.75, 3.05) is 0 Å². The van der Waals surface area contributed by atoms with Gasteiger partial charge in [0.05, 0.1) is 6.04 Å². The normalized spacial score (nSPS) is 31.0. The monoisotopic (exact) mass is 191 g/mol. The van der Waals surface area contributed by atoms with Crippen molar-refractivity contribution in [3.05, 3.63) is 0 Å². The molecule has 1 spiro atoms. The average Bonchev–Trinajstić information content (AvgIpc) is 2.69. The van der Waals surface area contributed by atoms with Crippen molar-refractivity contribution in [2.45, 2.75) is 64.0 Å². The van der Waals surface area contributed by atoms with Gasteiger partial charge in [-0.1, -0.05) is 25.7 Å². The van der Waals surface area contributed by atoms with Gasteiger partial charge in [-0.3, -0.25) is 0 Å². The van der Waals surface area contributed by atoms with Crippen molar-refractivity contribution in [1.29, 1.82) is 0 Å². The SMILES string of the molecule is C#CC(CC)NC1CCC12CCCC2. The molecule has 0 radical (unpaired) electrons. The number of rotatable bonds is 3. The Hall–Kier alpha value is -0.480. The number of nitrogens with one attached hydrogen (secondary N) is 1. The second kappa shape index (κ2) is 3.95. The fourth-order valence-electron chi connectivity index (χ4n) is 3.16. The van der Waals surface area contributed by atoms with Gasteiger partial charge in [-0.15, -0.1) is 6.42 Å². The highest BCUT2D eigenvalue weighted by Gasteiger charge is 2.48. The van der Waals surface area contributed by atoms with Crippen molar-refractivity contribution < 1.29 is 0 Å². The van der Waals surface area contributed by atoms with Crippen LogP contribution in [-0.4, -0.2) is 12.1 Å². The van der Waals surface area contributed by atoms with E-state index in [0.29, 0.717) is 11.5 Å². The fraction of sp³-hybridized carbons (Fsp3) is 0.846. The Morgan fingerprint density at radius 2 is 2.14 bits per heavy atom. The molecule has 0 bridgehead atoms. The minimum absolute atomic E-state index is 0.303. The van der Waals surface area contributed by atoms with Gasteiger partial charge in [-0.05, 0) is 37.5 Å². The summed E-state index contributed by atoms with van der Waals surface area (Å²) >= 11 is 0. The van der Waals surface area contributed by atoms with Crippen molar-refractivity contribution in [1.82, 2.24) is 5.32 Å². The minimum Gasteiger partial charge on any atom is -0.300 e. The first-order chi connectivity index (χ1) is 6.80. The van der Waals surface area contributed by atoms with E-state index in [-0.39, 0.29) is 0 Å². The van der Waals surface area contributed by atoms with E-state index in [1.54, 1.807) is 0 Å². The lowest BCUT2D eigenvalue weighted by atomic mass is 9.63. The second-order valence-electron chi connectivity index (χ2n) is 4.95. The van der Waals surface area contributed by atoms with Crippen LogP contribution in [0.25, 0.3) is 0 Å². The third-order valence-corrected chi connectivity index (χ3v) is 4.28. The van der Waals surface area contributed by atoms with E-state index in [1.165, 1.54) is 38.5 Å². The summed E-state index contributed by atoms with van der Waals surface area (Å²) in [6.07, 6.45) is 15.1. The summed E-state index contributed by atoms with van der Waals surface area (Å²) in [5.74, 6) is 2.85. The molecule has 0 aromatic rings. The van der Waals surface area contributed by atoms with Gasteiger partial charge in [0.1, 0.15) is 0 Å². The van der Waals surface area contributed by atoms with Gasteiger partial charge in [-0.25, -0.2) is 0 Å². The van der Waals surface area contributed by atoms with E-state index in [2.05, 4.69) is 18.2 Å². The van der Waals surface area contributed by atoms with E-state index in [4.69, 9.17) is 6.42 Å². The van der Waals surface area contributed by atoms with Gasteiger partial charge in [0.2, 0.25) is 0 Å². The summed E-state index contributed by atoms with van der Waals surface area (Å²) in [6, 6.07) is 1.03. The Balaban J connectivity index is 1.90. The molecule has 1 nitrogen and oxygen atoms in total. The van der Waals surface area contributed by atoms with Gasteiger partial charge >= 0.3 is 0 Å². The van der Waals surface area contributed by atoms with Crippen LogP contribution in [0.4, 0.5) is 0 Å². The molecule has 2 rings (SSSR count). The molecule has 2 aliphatic carbocycles. The van der Waals surface area contributed by atoms with Crippen molar-refractivity contribution >= 4 is 0 Å². The summed E-state index contributed by atoms with van der Waals surface area (Å²) in [4.78, 5) is 0. The molecule has 78 valence electrons. The van der Waals surface area contributed by atoms with Crippen LogP contribution in [0.5, 0.6) is 0 Å². The lowest BCUT2D eigenvalue weighted by Crippen LogP contribution is -2.54. The number of hydrogen-bond donors (Lipinski definition) is 1. The Bertz CT molecular complexity index is 232. The van der Waals surface area contributed by atoms with E-state index in [1.807, 2.05) is 0 Å². The number of terminal acetylenes is 1. The van der Waals surface area contributed by atoms with Gasteiger partial charge in [0.15, 0.2) is 0 Å². The van der Waals surface area contributed by atoms with Crippen molar-refractivity contribution in [2.24, 2.45) is 5.41 Å². The van der Waals surface area contributed by atoms with Crippen LogP contribution >= 0.6 is 0 Å². The van der Waals surface area contributed by atoms with Gasteiger partial charge in [-0.2, -0.15) is 0 Å². The van der Waals surface area contributed by atoms with E-state index < -0.39 is 0 Å². The molecule has 14 heavy (non-hydrogen) atoms. The molecule has 0 saturated heterocycles. The molecule has 0 heterocycles. The van der Waals surface area contributed by atoms with Crippen LogP contribution in [0.3, 0.4) is 0 Å². The maximum absolute atomic E-state index is 5.48. The summed E-state index contributed by atoms with van der Waals surface area (Å²) < 4.78 is 0. The lowest BCUT2D eigenvalue weighted by molar-refractivity contribution is 0.0682. The van der Waals surface area contributed by atoms with E-state index >= 15 is 0 Å². The summed E-state index contributed by atoms with van der Waals surface area (Å²) in [7, 11) is 0. The first kappa shape index (κ1) is 10.1. The van der Waals surface area contributed by atoms with Crippen LogP contribution in [-0.2, 0) is 0 Å². The fourth-order valence-corrected chi connectivity index (χ4v) is 3.16. The molecule has 0 aliphatic heterocycles. The van der Waals surface area contributed by atoms with Crippen LogP contribution in [0.2, 0.25) is 0 Å². The quantitative estimate of drug-likeness (QED) is 0.676. The molecule has 0 aromatic carbocycles. The summed E-state index contributed by atoms with van der Waals surface area (Å²) in [5.41, 5.74) is 0.657. The molecule has 2 atom stereocenters. The summed E-state index contributed by atoms with van der Waals surface area (Å²) in [5, 5.41) is 3.65. The highest BCUT2D eigenvalue weighted by atomic mass is 15.0. The zero-order valence-corrected chi connectivity index (χ0v) is 9.18. The molecule has 0 aromatic heterocycles. The van der Waals surface area contributed by atoms with Gasteiger partial charge in [0, 0.05) is 6.04 Å². The largest absolute Gasteiger partial charge is 0.300 e. The Kier molecular flexibility index (Phi) is 2.83. The third-order valence-electron chi connectivity index (χ3n) is 4.28. The minimum atomic E-state index is 0.303. The highest BCUT2D eigenvalue weighted by molar-refractivity contribution is 5.07. The molecule has 0 amide bonds. The Morgan fingerprint density at radius 3 is 2.57 bits per heavy atom. The Morgan fingerprint density at radius 1 is 1.43 bits per heavy atom. The molecule has 2 saturated carbocycles. The van der Waals surface area contributed by atoms with Crippen LogP contribution in [0.15, 0.2) is 0 Å². The van der Waals surface area contributed by atoms with Gasteiger partial charge in [0.25, 0.3) is 0 Å². The van der Waals surface area contributed by atoms with Crippen LogP contribution in [0.1, 0.15) is 51.9 Å². The zero-order valence-electron chi connectivity index (χ0n) is 9.18. The van der Waals surface area contributed by atoms with Crippen LogP contribution < -0.4 is 5.32 Å². The third kappa shape index (κ3) is 1.57. The smallest absolute Gasteiger partial charge is 0.0686 e. The maximum atomic E-state index is 5.48. The van der Waals surface area contributed by atoms with Crippen LogP contribution in [0, 0.1) is 17.8 Å². The molecule has 2 unspecified atom stereocenters. The number of hydrogen-bond acceptors (Lipinski definition) is 1. The van der Waals surface area contributed by atoms with Crippen molar-refractivity contribution in [3.8, 4) is 12.3 Å². The van der Waals surface area contributed by atoms with Gasteiger partial charge < -0.3 is 5.32 Å². The van der Waals surface area contributed by atoms with Crippen molar-refractivity contribution in [3.63, 3.8) is 0 Å². The van der Waals surface area contributed by atoms with E-state index in [9.17, 15) is 0 Å². The predicted molar refractivity (Wildman–Crippen MR) is 60.0 cm³/mol. The lowest BCUT2D eigenvalue weighted by Gasteiger charge is -2.49. The molecular formula is C13H21N. The molecule has 2 fully saturated rings. The van der Waals surface area contributed by atoms with E-state index in [0.717, 1.165) is 12.5 Å². The first-order valence-corrected chi connectivity index (χ1v) is 6.03. The Labute approximate surface area is 87.7 Å². The first-order valence-electron chi connectivity index (χ1n) is 6.03. The molecule has 2 aliphatic rings. The zero-order chi connectivity index (χ0) is 10.0. The molecule has 1 heteroatoms. The maximum Gasteiger partial charge on any atom is 0.0686 e. The molecule has 1 N–H and O–H groups in total. The summed E-state index contributed by atoms with van der Waals surface area (Å²) in [6.45, 7) is 2.16. The predicted octanol–water partition coefficient (Wildman–Crippen LogP) is 2.71. The highest BCUT2D eigenvalue weighted by Crippen LogP contribution is 2.53. The standard InChI is InChI=1S/C13H21N/c1-3-11(4-2)14-12-7-10-13(12)8-5-6-9-13/h1,11-12,14H,4-10H2,2H3. The second-order valence-corrected chi connectivity index (χ2v) is 4.95. The molecular weight excluding hydrogens is 170 g/mol. The average molecular weight is 191 g/mol. The topological polar surface area (TPSA) is 12.0 Å².